The molecule has 0 aliphatic carbocycles. The Bertz CT molecular complexity index is 433. The van der Waals surface area contributed by atoms with Crippen molar-refractivity contribution in [3.63, 3.8) is 0 Å². The third-order valence-corrected chi connectivity index (χ3v) is 4.89. The maximum absolute atomic E-state index is 6.20. The van der Waals surface area contributed by atoms with Crippen molar-refractivity contribution in [2.24, 2.45) is 0 Å². The summed E-state index contributed by atoms with van der Waals surface area (Å²) in [6, 6.07) is 14.5. The minimum absolute atomic E-state index is 0.158. The minimum Gasteiger partial charge on any atom is -0.149 e. The summed E-state index contributed by atoms with van der Waals surface area (Å²) in [4.78, 5) is 1.33. The van der Waals surface area contributed by atoms with Crippen LogP contribution in [-0.2, 0) is 11.8 Å². The monoisotopic (exact) mass is 284 g/mol. The molecule has 0 aliphatic heterocycles. The molecule has 0 bridgehead atoms. The van der Waals surface area contributed by atoms with E-state index in [9.17, 15) is 0 Å². The van der Waals surface area contributed by atoms with Gasteiger partial charge in [0, 0.05) is 22.1 Å². The lowest BCUT2D eigenvalue weighted by Gasteiger charge is -2.29. The third-order valence-electron chi connectivity index (χ3n) is 2.99. The first kappa shape index (κ1) is 12.9. The maximum Gasteiger partial charge on any atom is 0.0335 e. The van der Waals surface area contributed by atoms with Crippen LogP contribution in [0.1, 0.15) is 10.4 Å². The first-order valence-corrected chi connectivity index (χ1v) is 7.45. The number of alkyl halides is 2. The lowest BCUT2D eigenvalue weighted by molar-refractivity contribution is 0.541. The predicted octanol–water partition coefficient (Wildman–Crippen LogP) is 4.71. The Kier molecular flexibility index (Phi) is 4.49. The molecule has 90 valence electrons. The Morgan fingerprint density at radius 1 is 0.941 bits per heavy atom. The van der Waals surface area contributed by atoms with Crippen LogP contribution in [0.15, 0.2) is 47.8 Å². The van der Waals surface area contributed by atoms with Crippen molar-refractivity contribution in [2.45, 2.75) is 11.8 Å². The molecule has 1 aromatic carbocycles. The molecular formula is C14H14Cl2S. The molecule has 0 spiro atoms. The van der Waals surface area contributed by atoms with Crippen LogP contribution in [0.4, 0.5) is 0 Å². The van der Waals surface area contributed by atoms with Crippen LogP contribution >= 0.6 is 34.5 Å². The van der Waals surface area contributed by atoms with Gasteiger partial charge in [0.15, 0.2) is 0 Å². The topological polar surface area (TPSA) is 0 Å². The Morgan fingerprint density at radius 3 is 2.18 bits per heavy atom. The van der Waals surface area contributed by atoms with Gasteiger partial charge < -0.3 is 0 Å². The molecule has 0 radical (unpaired) electrons. The third kappa shape index (κ3) is 2.85. The molecule has 2 rings (SSSR count). The standard InChI is InChI=1S/C14H14Cl2S/c15-10-14(11-16,9-13-7-4-8-17-13)12-5-2-1-3-6-12/h1-8H,9-11H2. The Labute approximate surface area is 116 Å². The highest BCUT2D eigenvalue weighted by Crippen LogP contribution is 2.32. The largest absolute Gasteiger partial charge is 0.149 e. The SMILES string of the molecule is ClCC(CCl)(Cc1cccs1)c1ccccc1. The quantitative estimate of drug-likeness (QED) is 0.698. The van der Waals surface area contributed by atoms with E-state index in [0.717, 1.165) is 6.42 Å². The van der Waals surface area contributed by atoms with Gasteiger partial charge in [0.25, 0.3) is 0 Å². The van der Waals surface area contributed by atoms with E-state index >= 15 is 0 Å². The first-order valence-electron chi connectivity index (χ1n) is 5.50. The smallest absolute Gasteiger partial charge is 0.0335 e. The van der Waals surface area contributed by atoms with E-state index in [1.165, 1.54) is 10.4 Å². The molecule has 2 aromatic rings. The molecule has 3 heteroatoms. The van der Waals surface area contributed by atoms with E-state index in [0.29, 0.717) is 11.8 Å². The van der Waals surface area contributed by atoms with Crippen molar-refractivity contribution in [1.82, 2.24) is 0 Å². The molecule has 0 saturated carbocycles. The Hall–Kier alpha value is -0.500. The number of thiophene rings is 1. The van der Waals surface area contributed by atoms with Gasteiger partial charge in [-0.05, 0) is 23.4 Å². The summed E-state index contributed by atoms with van der Waals surface area (Å²) in [5, 5.41) is 2.09. The second-order valence-corrected chi connectivity index (χ2v) is 5.74. The van der Waals surface area contributed by atoms with Crippen molar-refractivity contribution < 1.29 is 0 Å². The fraction of sp³-hybridized carbons (Fsp3) is 0.286. The van der Waals surface area contributed by atoms with Gasteiger partial charge in [-0.15, -0.1) is 34.5 Å². The average molecular weight is 285 g/mol. The molecule has 0 fully saturated rings. The Balaban J connectivity index is 2.32. The van der Waals surface area contributed by atoms with Gasteiger partial charge in [0.05, 0.1) is 0 Å². The molecular weight excluding hydrogens is 271 g/mol. The fourth-order valence-corrected chi connectivity index (χ4v) is 3.56. The van der Waals surface area contributed by atoms with E-state index in [1.54, 1.807) is 11.3 Å². The van der Waals surface area contributed by atoms with E-state index in [-0.39, 0.29) is 5.41 Å². The van der Waals surface area contributed by atoms with Gasteiger partial charge >= 0.3 is 0 Å². The van der Waals surface area contributed by atoms with Crippen LogP contribution in [0.2, 0.25) is 0 Å². The summed E-state index contributed by atoms with van der Waals surface area (Å²) >= 11 is 14.2. The zero-order chi connectivity index (χ0) is 12.1. The number of hydrogen-bond acceptors (Lipinski definition) is 1. The van der Waals surface area contributed by atoms with Crippen LogP contribution < -0.4 is 0 Å². The number of halogens is 2. The summed E-state index contributed by atoms with van der Waals surface area (Å²) < 4.78 is 0. The molecule has 0 atom stereocenters. The van der Waals surface area contributed by atoms with E-state index < -0.39 is 0 Å². The van der Waals surface area contributed by atoms with Crippen LogP contribution in [0, 0.1) is 0 Å². The molecule has 1 aromatic heterocycles. The van der Waals surface area contributed by atoms with Gasteiger partial charge in [-0.2, -0.15) is 0 Å². The molecule has 0 unspecified atom stereocenters. The van der Waals surface area contributed by atoms with Crippen molar-refractivity contribution in [2.75, 3.05) is 11.8 Å². The van der Waals surface area contributed by atoms with Gasteiger partial charge in [0.1, 0.15) is 0 Å². The van der Waals surface area contributed by atoms with Crippen molar-refractivity contribution in [3.8, 4) is 0 Å². The predicted molar refractivity (Wildman–Crippen MR) is 77.6 cm³/mol. The normalized spacial score (nSPS) is 11.6. The highest BCUT2D eigenvalue weighted by atomic mass is 35.5. The number of benzene rings is 1. The summed E-state index contributed by atoms with van der Waals surface area (Å²) in [7, 11) is 0. The van der Waals surface area contributed by atoms with Crippen molar-refractivity contribution >= 4 is 34.5 Å². The Morgan fingerprint density at radius 2 is 1.65 bits per heavy atom. The number of hydrogen-bond donors (Lipinski definition) is 0. The molecule has 0 aliphatic rings. The highest BCUT2D eigenvalue weighted by molar-refractivity contribution is 7.09. The molecule has 1 heterocycles. The summed E-state index contributed by atoms with van der Waals surface area (Å²) in [6.45, 7) is 0. The molecule has 0 amide bonds. The second-order valence-electron chi connectivity index (χ2n) is 4.17. The van der Waals surface area contributed by atoms with Crippen LogP contribution in [0.5, 0.6) is 0 Å². The molecule has 17 heavy (non-hydrogen) atoms. The lowest BCUT2D eigenvalue weighted by Crippen LogP contribution is -2.32. The summed E-state index contributed by atoms with van der Waals surface area (Å²) in [6.07, 6.45) is 0.904. The van der Waals surface area contributed by atoms with Gasteiger partial charge in [0.2, 0.25) is 0 Å². The summed E-state index contributed by atoms with van der Waals surface area (Å²) in [5.74, 6) is 1.08. The average Bonchev–Trinajstić information content (AvgIpc) is 2.90. The zero-order valence-corrected chi connectivity index (χ0v) is 11.7. The van der Waals surface area contributed by atoms with E-state index in [4.69, 9.17) is 23.2 Å². The maximum atomic E-state index is 6.20. The summed E-state index contributed by atoms with van der Waals surface area (Å²) in [5.41, 5.74) is 1.06. The van der Waals surface area contributed by atoms with Crippen molar-refractivity contribution in [1.29, 1.82) is 0 Å². The molecule has 0 N–H and O–H groups in total. The zero-order valence-electron chi connectivity index (χ0n) is 9.40. The van der Waals surface area contributed by atoms with Gasteiger partial charge in [-0.25, -0.2) is 0 Å². The first-order chi connectivity index (χ1) is 8.30. The van der Waals surface area contributed by atoms with E-state index in [2.05, 4.69) is 29.6 Å². The molecule has 0 saturated heterocycles. The van der Waals surface area contributed by atoms with Gasteiger partial charge in [-0.3, -0.25) is 0 Å². The number of rotatable bonds is 5. The van der Waals surface area contributed by atoms with Crippen LogP contribution in [0.25, 0.3) is 0 Å². The highest BCUT2D eigenvalue weighted by Gasteiger charge is 2.31. The fourth-order valence-electron chi connectivity index (χ4n) is 1.92. The molecule has 0 nitrogen and oxygen atoms in total. The second kappa shape index (κ2) is 5.90. The van der Waals surface area contributed by atoms with Crippen LogP contribution in [0.3, 0.4) is 0 Å². The van der Waals surface area contributed by atoms with Crippen molar-refractivity contribution in [3.05, 3.63) is 58.3 Å². The minimum atomic E-state index is -0.158. The lowest BCUT2D eigenvalue weighted by atomic mass is 9.80. The van der Waals surface area contributed by atoms with E-state index in [1.807, 2.05) is 18.2 Å². The van der Waals surface area contributed by atoms with Crippen LogP contribution in [-0.4, -0.2) is 11.8 Å². The van der Waals surface area contributed by atoms with Gasteiger partial charge in [-0.1, -0.05) is 36.4 Å².